The molecule has 2 atom stereocenters. The highest BCUT2D eigenvalue weighted by Crippen LogP contribution is 2.36. The van der Waals surface area contributed by atoms with Crippen LogP contribution >= 0.6 is 11.6 Å². The molecule has 0 saturated carbocycles. The number of aliphatic hydroxyl groups excluding tert-OH is 1. The fourth-order valence-corrected chi connectivity index (χ4v) is 2.89. The number of nitrogens with one attached hydrogen (secondary N) is 1. The number of aliphatic imine (C=N–C) groups is 1. The van der Waals surface area contributed by atoms with Crippen molar-refractivity contribution in [3.63, 3.8) is 0 Å². The number of allylic oxidation sites excluding steroid dienone is 1. The first kappa shape index (κ1) is 15.8. The van der Waals surface area contributed by atoms with Gasteiger partial charge in [-0.15, -0.1) is 0 Å². The van der Waals surface area contributed by atoms with Crippen molar-refractivity contribution in [3.8, 4) is 0 Å². The van der Waals surface area contributed by atoms with E-state index in [0.29, 0.717) is 5.02 Å². The molecule has 0 aliphatic carbocycles. The molecule has 0 radical (unpaired) electrons. The maximum Gasteiger partial charge on any atom is 0.150 e. The first-order valence-corrected chi connectivity index (χ1v) is 7.88. The summed E-state index contributed by atoms with van der Waals surface area (Å²) >= 11 is 6.00. The third-order valence-corrected chi connectivity index (χ3v) is 4.28. The lowest BCUT2D eigenvalue weighted by atomic mass is 10.0. The van der Waals surface area contributed by atoms with E-state index in [4.69, 9.17) is 11.6 Å². The van der Waals surface area contributed by atoms with Crippen molar-refractivity contribution >= 4 is 23.5 Å². The number of aromatic amines is 1. The maximum atomic E-state index is 9.72. The topological polar surface area (TPSA) is 64.5 Å². The minimum atomic E-state index is -0.216. The van der Waals surface area contributed by atoms with E-state index in [1.54, 1.807) is 6.20 Å². The second-order valence-electron chi connectivity index (χ2n) is 5.62. The number of hydrogen-bond donors (Lipinski definition) is 2. The van der Waals surface area contributed by atoms with Crippen molar-refractivity contribution in [2.75, 3.05) is 6.61 Å². The Bertz CT molecular complexity index is 735. The van der Waals surface area contributed by atoms with E-state index in [0.717, 1.165) is 22.5 Å². The molecule has 1 aromatic carbocycles. The molecule has 5 nitrogen and oxygen atoms in total. The number of H-pyrrole nitrogens is 1. The first-order valence-electron chi connectivity index (χ1n) is 7.50. The highest BCUT2D eigenvalue weighted by Gasteiger charge is 2.30. The smallest absolute Gasteiger partial charge is 0.150 e. The average Bonchev–Trinajstić information content (AvgIpc) is 3.00. The largest absolute Gasteiger partial charge is 0.394 e. The Labute approximate surface area is 140 Å². The van der Waals surface area contributed by atoms with Gasteiger partial charge in [0.2, 0.25) is 0 Å². The number of halogens is 1. The molecule has 0 saturated heterocycles. The van der Waals surface area contributed by atoms with Gasteiger partial charge in [-0.3, -0.25) is 10.1 Å². The maximum absolute atomic E-state index is 9.72. The third kappa shape index (κ3) is 3.02. The molecule has 2 aromatic rings. The quantitative estimate of drug-likeness (QED) is 0.905. The van der Waals surface area contributed by atoms with E-state index in [2.05, 4.69) is 20.1 Å². The summed E-state index contributed by atoms with van der Waals surface area (Å²) in [6, 6.07) is 7.59. The molecule has 1 aliphatic heterocycles. The summed E-state index contributed by atoms with van der Waals surface area (Å²) in [5.74, 6) is 0. The van der Waals surface area contributed by atoms with Gasteiger partial charge in [0.05, 0.1) is 18.8 Å². The number of aliphatic hydroxyl groups is 1. The van der Waals surface area contributed by atoms with Crippen molar-refractivity contribution in [2.45, 2.75) is 26.1 Å². The molecule has 1 unspecified atom stereocenters. The van der Waals surface area contributed by atoms with Crippen LogP contribution < -0.4 is 0 Å². The Balaban J connectivity index is 2.04. The Morgan fingerprint density at radius 3 is 2.70 bits per heavy atom. The highest BCUT2D eigenvalue weighted by atomic mass is 35.5. The molecule has 2 heterocycles. The van der Waals surface area contributed by atoms with Gasteiger partial charge in [-0.05, 0) is 37.6 Å². The number of benzene rings is 1. The lowest BCUT2D eigenvalue weighted by Crippen LogP contribution is -2.38. The zero-order valence-corrected chi connectivity index (χ0v) is 13.8. The van der Waals surface area contributed by atoms with Crippen LogP contribution in [0, 0.1) is 6.92 Å². The van der Waals surface area contributed by atoms with Crippen molar-refractivity contribution in [2.24, 2.45) is 4.99 Å². The summed E-state index contributed by atoms with van der Waals surface area (Å²) in [7, 11) is 0. The molecule has 23 heavy (non-hydrogen) atoms. The molecule has 0 spiro atoms. The SMILES string of the molecule is Cc1[nH]ncc1C1N=CC=C(c2ccc(Cl)cc2)N1[C@@H](C)CO. The van der Waals surface area contributed by atoms with Crippen LogP contribution in [0.3, 0.4) is 0 Å². The summed E-state index contributed by atoms with van der Waals surface area (Å²) in [4.78, 5) is 6.72. The molecule has 0 amide bonds. The second-order valence-corrected chi connectivity index (χ2v) is 6.06. The summed E-state index contributed by atoms with van der Waals surface area (Å²) in [6.45, 7) is 3.99. The van der Waals surface area contributed by atoms with Gasteiger partial charge in [0.25, 0.3) is 0 Å². The second kappa shape index (κ2) is 6.56. The monoisotopic (exact) mass is 330 g/mol. The van der Waals surface area contributed by atoms with Crippen molar-refractivity contribution in [3.05, 3.63) is 58.4 Å². The number of nitrogens with zero attached hydrogens (tertiary/aromatic N) is 3. The molecular weight excluding hydrogens is 312 g/mol. The fourth-order valence-electron chi connectivity index (χ4n) is 2.77. The Morgan fingerprint density at radius 2 is 2.09 bits per heavy atom. The van der Waals surface area contributed by atoms with Gasteiger partial charge in [0.1, 0.15) is 0 Å². The van der Waals surface area contributed by atoms with Crippen molar-refractivity contribution in [1.29, 1.82) is 0 Å². The van der Waals surface area contributed by atoms with E-state index in [-0.39, 0.29) is 18.8 Å². The summed E-state index contributed by atoms with van der Waals surface area (Å²) in [5.41, 5.74) is 4.01. The number of aromatic nitrogens is 2. The van der Waals surface area contributed by atoms with Crippen LogP contribution in [0.15, 0.2) is 41.5 Å². The van der Waals surface area contributed by atoms with E-state index >= 15 is 0 Å². The van der Waals surface area contributed by atoms with Gasteiger partial charge in [0.15, 0.2) is 6.17 Å². The van der Waals surface area contributed by atoms with Gasteiger partial charge >= 0.3 is 0 Å². The standard InChI is InChI=1S/C17H19ClN4O/c1-11(10-23)22-16(13-3-5-14(18)6-4-13)7-8-19-17(22)15-9-20-21-12(15)2/h3-9,11,17,23H,10H2,1-2H3,(H,20,21)/t11-,17?/m0/s1. The Hall–Kier alpha value is -2.11. The average molecular weight is 331 g/mol. The van der Waals surface area contributed by atoms with Crippen LogP contribution in [0.1, 0.15) is 29.9 Å². The number of rotatable bonds is 4. The van der Waals surface area contributed by atoms with Gasteiger partial charge in [-0.25, -0.2) is 0 Å². The van der Waals surface area contributed by atoms with Crippen LogP contribution in [-0.4, -0.2) is 39.1 Å². The predicted octanol–water partition coefficient (Wildman–Crippen LogP) is 3.18. The number of hydrogen-bond acceptors (Lipinski definition) is 4. The predicted molar refractivity (Wildman–Crippen MR) is 92.4 cm³/mol. The number of aryl methyl sites for hydroxylation is 1. The van der Waals surface area contributed by atoms with Crippen LogP contribution in [0.2, 0.25) is 5.02 Å². The lowest BCUT2D eigenvalue weighted by molar-refractivity contribution is 0.151. The molecule has 120 valence electrons. The van der Waals surface area contributed by atoms with Gasteiger partial charge in [-0.2, -0.15) is 5.10 Å². The van der Waals surface area contributed by atoms with Crippen molar-refractivity contribution < 1.29 is 5.11 Å². The first-order chi connectivity index (χ1) is 11.1. The molecule has 2 N–H and O–H groups in total. The molecule has 0 bridgehead atoms. The third-order valence-electron chi connectivity index (χ3n) is 4.03. The minimum Gasteiger partial charge on any atom is -0.394 e. The molecule has 3 rings (SSSR count). The molecule has 1 aliphatic rings. The van der Waals surface area contributed by atoms with Crippen LogP contribution in [0.4, 0.5) is 0 Å². The van der Waals surface area contributed by atoms with E-state index in [1.165, 1.54) is 0 Å². The molecule has 0 fully saturated rings. The van der Waals surface area contributed by atoms with Crippen molar-refractivity contribution in [1.82, 2.24) is 15.1 Å². The summed E-state index contributed by atoms with van der Waals surface area (Å²) in [6.07, 6.45) is 5.34. The van der Waals surface area contributed by atoms with Crippen LogP contribution in [0.5, 0.6) is 0 Å². The fraction of sp³-hybridized carbons (Fsp3) is 0.294. The Kier molecular flexibility index (Phi) is 4.50. The van der Waals surface area contributed by atoms with Gasteiger partial charge < -0.3 is 10.0 Å². The van der Waals surface area contributed by atoms with E-state index in [9.17, 15) is 5.11 Å². The normalized spacial score (nSPS) is 18.9. The molecule has 1 aromatic heterocycles. The van der Waals surface area contributed by atoms with Gasteiger partial charge in [-0.1, -0.05) is 23.7 Å². The zero-order valence-electron chi connectivity index (χ0n) is 13.1. The Morgan fingerprint density at radius 1 is 1.35 bits per heavy atom. The van der Waals surface area contributed by atoms with E-state index in [1.807, 2.05) is 50.4 Å². The molecular formula is C17H19ClN4O. The molecule has 6 heteroatoms. The van der Waals surface area contributed by atoms with Crippen LogP contribution in [0.25, 0.3) is 5.70 Å². The van der Waals surface area contributed by atoms with Crippen LogP contribution in [-0.2, 0) is 0 Å². The summed E-state index contributed by atoms with van der Waals surface area (Å²) in [5, 5.41) is 17.5. The lowest BCUT2D eigenvalue weighted by Gasteiger charge is -2.39. The van der Waals surface area contributed by atoms with Gasteiger partial charge in [0, 0.05) is 28.2 Å². The minimum absolute atomic E-state index is 0.0356. The van der Waals surface area contributed by atoms with E-state index < -0.39 is 0 Å². The zero-order chi connectivity index (χ0) is 16.4. The summed E-state index contributed by atoms with van der Waals surface area (Å²) < 4.78 is 0. The highest BCUT2D eigenvalue weighted by molar-refractivity contribution is 6.30.